The van der Waals surface area contributed by atoms with Gasteiger partial charge in [0, 0.05) is 11.0 Å². The molecule has 1 fully saturated rings. The van der Waals surface area contributed by atoms with Crippen molar-refractivity contribution in [3.05, 3.63) is 33.8 Å². The van der Waals surface area contributed by atoms with E-state index in [1.165, 1.54) is 6.42 Å². The first-order valence-corrected chi connectivity index (χ1v) is 6.78. The summed E-state index contributed by atoms with van der Waals surface area (Å²) in [5.41, 5.74) is 0.471. The highest BCUT2D eigenvalue weighted by Gasteiger charge is 2.35. The van der Waals surface area contributed by atoms with Gasteiger partial charge in [-0.1, -0.05) is 49.4 Å². The lowest BCUT2D eigenvalue weighted by Gasteiger charge is -2.32. The minimum Gasteiger partial charge on any atom is -0.294 e. The zero-order chi connectivity index (χ0) is 12.5. The lowest BCUT2D eigenvalue weighted by atomic mass is 9.71. The summed E-state index contributed by atoms with van der Waals surface area (Å²) in [4.78, 5) is 12.5. The maximum atomic E-state index is 12.5. The third-order valence-electron chi connectivity index (χ3n) is 3.69. The standard InChI is InChI=1S/C14H16Cl2O/c1-14(7-3-2-4-8-14)13(17)10-5-6-11(15)12(16)9-10/h5-6,9H,2-4,7-8H2,1H3. The summed E-state index contributed by atoms with van der Waals surface area (Å²) in [6, 6.07) is 5.16. The Labute approximate surface area is 112 Å². The van der Waals surface area contributed by atoms with Crippen molar-refractivity contribution in [1.82, 2.24) is 0 Å². The Morgan fingerprint density at radius 2 is 1.76 bits per heavy atom. The quantitative estimate of drug-likeness (QED) is 0.680. The fourth-order valence-corrected chi connectivity index (χ4v) is 2.84. The summed E-state index contributed by atoms with van der Waals surface area (Å²) in [5.74, 6) is 0.204. The van der Waals surface area contributed by atoms with E-state index in [1.54, 1.807) is 18.2 Å². The van der Waals surface area contributed by atoms with Crippen LogP contribution in [0, 0.1) is 5.41 Å². The summed E-state index contributed by atoms with van der Waals surface area (Å²) in [7, 11) is 0. The van der Waals surface area contributed by atoms with Gasteiger partial charge in [0.15, 0.2) is 5.78 Å². The molecular formula is C14H16Cl2O. The van der Waals surface area contributed by atoms with Crippen molar-refractivity contribution in [1.29, 1.82) is 0 Å². The number of rotatable bonds is 2. The summed E-state index contributed by atoms with van der Waals surface area (Å²) in [5, 5.41) is 0.953. The Morgan fingerprint density at radius 3 is 2.35 bits per heavy atom. The van der Waals surface area contributed by atoms with Gasteiger partial charge in [-0.05, 0) is 31.0 Å². The van der Waals surface area contributed by atoms with Gasteiger partial charge in [-0.3, -0.25) is 4.79 Å². The van der Waals surface area contributed by atoms with Crippen LogP contribution in [0.1, 0.15) is 49.4 Å². The van der Waals surface area contributed by atoms with Crippen LogP contribution in [0.5, 0.6) is 0 Å². The van der Waals surface area contributed by atoms with Crippen LogP contribution in [0.2, 0.25) is 10.0 Å². The monoisotopic (exact) mass is 270 g/mol. The van der Waals surface area contributed by atoms with Gasteiger partial charge in [0.25, 0.3) is 0 Å². The van der Waals surface area contributed by atoms with Gasteiger partial charge in [0.2, 0.25) is 0 Å². The van der Waals surface area contributed by atoms with E-state index in [-0.39, 0.29) is 11.2 Å². The van der Waals surface area contributed by atoms with Gasteiger partial charge in [-0.15, -0.1) is 0 Å². The van der Waals surface area contributed by atoms with E-state index in [0.717, 1.165) is 25.7 Å². The van der Waals surface area contributed by atoms with E-state index >= 15 is 0 Å². The van der Waals surface area contributed by atoms with Gasteiger partial charge < -0.3 is 0 Å². The van der Waals surface area contributed by atoms with Crippen LogP contribution in [0.15, 0.2) is 18.2 Å². The van der Waals surface area contributed by atoms with Crippen molar-refractivity contribution in [2.75, 3.05) is 0 Å². The molecule has 0 saturated heterocycles. The molecule has 1 nitrogen and oxygen atoms in total. The average Bonchev–Trinajstić information content (AvgIpc) is 2.33. The molecule has 0 unspecified atom stereocenters. The highest BCUT2D eigenvalue weighted by atomic mass is 35.5. The van der Waals surface area contributed by atoms with E-state index in [4.69, 9.17) is 23.2 Å². The fourth-order valence-electron chi connectivity index (χ4n) is 2.54. The van der Waals surface area contributed by atoms with Gasteiger partial charge in [0.05, 0.1) is 10.0 Å². The molecule has 0 heterocycles. The third kappa shape index (κ3) is 2.66. The highest BCUT2D eigenvalue weighted by molar-refractivity contribution is 6.42. The van der Waals surface area contributed by atoms with Crippen LogP contribution in [0.4, 0.5) is 0 Å². The minimum absolute atomic E-state index is 0.204. The van der Waals surface area contributed by atoms with Crippen molar-refractivity contribution >= 4 is 29.0 Å². The Bertz CT molecular complexity index is 434. The van der Waals surface area contributed by atoms with Crippen molar-refractivity contribution in [3.8, 4) is 0 Å². The molecule has 0 radical (unpaired) electrons. The number of carbonyl (C=O) groups excluding carboxylic acids is 1. The van der Waals surface area contributed by atoms with Crippen LogP contribution in [0.3, 0.4) is 0 Å². The molecule has 1 saturated carbocycles. The normalized spacial score (nSPS) is 19.0. The van der Waals surface area contributed by atoms with Gasteiger partial charge in [-0.2, -0.15) is 0 Å². The van der Waals surface area contributed by atoms with Crippen LogP contribution < -0.4 is 0 Å². The highest BCUT2D eigenvalue weighted by Crippen LogP contribution is 2.39. The molecular weight excluding hydrogens is 255 g/mol. The fraction of sp³-hybridized carbons (Fsp3) is 0.500. The van der Waals surface area contributed by atoms with E-state index < -0.39 is 0 Å². The number of hydrogen-bond donors (Lipinski definition) is 0. The van der Waals surface area contributed by atoms with E-state index in [0.29, 0.717) is 15.6 Å². The first-order chi connectivity index (χ1) is 8.03. The molecule has 0 aromatic heterocycles. The molecule has 3 heteroatoms. The molecule has 0 N–H and O–H groups in total. The van der Waals surface area contributed by atoms with E-state index in [2.05, 4.69) is 6.92 Å². The topological polar surface area (TPSA) is 17.1 Å². The molecule has 0 aliphatic heterocycles. The van der Waals surface area contributed by atoms with Crippen molar-refractivity contribution in [2.45, 2.75) is 39.0 Å². The zero-order valence-corrected chi connectivity index (χ0v) is 11.4. The van der Waals surface area contributed by atoms with Crippen molar-refractivity contribution in [3.63, 3.8) is 0 Å². The third-order valence-corrected chi connectivity index (χ3v) is 4.43. The summed E-state index contributed by atoms with van der Waals surface area (Å²) >= 11 is 11.8. The van der Waals surface area contributed by atoms with Crippen LogP contribution >= 0.6 is 23.2 Å². The molecule has 17 heavy (non-hydrogen) atoms. The smallest absolute Gasteiger partial charge is 0.168 e. The Hall–Kier alpha value is -0.530. The lowest BCUT2D eigenvalue weighted by Crippen LogP contribution is -2.30. The van der Waals surface area contributed by atoms with Gasteiger partial charge >= 0.3 is 0 Å². The number of ketones is 1. The molecule has 0 amide bonds. The summed E-state index contributed by atoms with van der Waals surface area (Å²) in [6.07, 6.45) is 5.48. The second kappa shape index (κ2) is 4.99. The Kier molecular flexibility index (Phi) is 3.79. The van der Waals surface area contributed by atoms with E-state index in [1.807, 2.05) is 0 Å². The number of hydrogen-bond acceptors (Lipinski definition) is 1. The molecule has 92 valence electrons. The van der Waals surface area contributed by atoms with Gasteiger partial charge in [-0.25, -0.2) is 0 Å². The first kappa shape index (κ1) is 12.9. The summed E-state index contributed by atoms with van der Waals surface area (Å²) < 4.78 is 0. The summed E-state index contributed by atoms with van der Waals surface area (Å²) in [6.45, 7) is 2.07. The van der Waals surface area contributed by atoms with E-state index in [9.17, 15) is 4.79 Å². The number of halogens is 2. The van der Waals surface area contributed by atoms with Crippen LogP contribution in [0.25, 0.3) is 0 Å². The molecule has 0 spiro atoms. The molecule has 1 aromatic carbocycles. The van der Waals surface area contributed by atoms with Crippen molar-refractivity contribution in [2.24, 2.45) is 5.41 Å². The molecule has 0 atom stereocenters. The second-order valence-electron chi connectivity index (χ2n) is 5.08. The predicted octanol–water partition coefficient (Wildman–Crippen LogP) is 5.15. The molecule has 1 aliphatic carbocycles. The molecule has 2 rings (SSSR count). The number of Topliss-reactive ketones (excluding diaryl/α,β-unsaturated/α-hetero) is 1. The SMILES string of the molecule is CC1(C(=O)c2ccc(Cl)c(Cl)c2)CCCCC1. The van der Waals surface area contributed by atoms with Crippen LogP contribution in [-0.2, 0) is 0 Å². The first-order valence-electron chi connectivity index (χ1n) is 6.03. The molecule has 1 aromatic rings. The maximum Gasteiger partial charge on any atom is 0.168 e. The minimum atomic E-state index is -0.213. The Morgan fingerprint density at radius 1 is 1.12 bits per heavy atom. The second-order valence-corrected chi connectivity index (χ2v) is 5.89. The van der Waals surface area contributed by atoms with Gasteiger partial charge in [0.1, 0.15) is 0 Å². The van der Waals surface area contributed by atoms with Crippen molar-refractivity contribution < 1.29 is 4.79 Å². The lowest BCUT2D eigenvalue weighted by molar-refractivity contribution is 0.0749. The maximum absolute atomic E-state index is 12.5. The predicted molar refractivity (Wildman–Crippen MR) is 72.0 cm³/mol. The molecule has 0 bridgehead atoms. The number of benzene rings is 1. The Balaban J connectivity index is 2.26. The van der Waals surface area contributed by atoms with Crippen LogP contribution in [-0.4, -0.2) is 5.78 Å². The largest absolute Gasteiger partial charge is 0.294 e. The molecule has 1 aliphatic rings. The number of carbonyl (C=O) groups is 1. The average molecular weight is 271 g/mol. The zero-order valence-electron chi connectivity index (χ0n) is 9.93.